The van der Waals surface area contributed by atoms with Crippen molar-refractivity contribution < 1.29 is 4.79 Å². The first-order valence-corrected chi connectivity index (χ1v) is 6.46. The van der Waals surface area contributed by atoms with Crippen LogP contribution in [-0.4, -0.2) is 5.78 Å². The number of ketones is 1. The summed E-state index contributed by atoms with van der Waals surface area (Å²) >= 11 is 23.8. The number of rotatable bonds is 2. The number of benzene rings is 2. The highest BCUT2D eigenvalue weighted by Crippen LogP contribution is 2.38. The third kappa shape index (κ3) is 2.50. The molecule has 0 unspecified atom stereocenters. The minimum absolute atomic E-state index is 0.111. The van der Waals surface area contributed by atoms with E-state index >= 15 is 0 Å². The Bertz CT molecular complexity index is 582. The molecule has 0 radical (unpaired) electrons. The molecule has 0 fully saturated rings. The highest BCUT2D eigenvalue weighted by atomic mass is 35.5. The van der Waals surface area contributed by atoms with E-state index in [1.807, 2.05) is 6.07 Å². The molecule has 2 aromatic carbocycles. The number of hydrogen-bond donors (Lipinski definition) is 0. The standard InChI is InChI=1S/C13H6Cl4O/c14-8-6-9(15)12(17)10(11(8)16)13(18)7-4-2-1-3-5-7/h1-6H. The summed E-state index contributed by atoms with van der Waals surface area (Å²) in [4.78, 5) is 12.3. The van der Waals surface area contributed by atoms with Gasteiger partial charge in [-0.3, -0.25) is 4.79 Å². The topological polar surface area (TPSA) is 17.1 Å². The lowest BCUT2D eigenvalue weighted by Gasteiger charge is -2.09. The van der Waals surface area contributed by atoms with Gasteiger partial charge in [0.05, 0.1) is 25.7 Å². The van der Waals surface area contributed by atoms with E-state index in [2.05, 4.69) is 0 Å². The molecule has 92 valence electrons. The Hall–Kier alpha value is -0.730. The first-order chi connectivity index (χ1) is 8.52. The van der Waals surface area contributed by atoms with Gasteiger partial charge in [0.15, 0.2) is 5.78 Å². The summed E-state index contributed by atoms with van der Waals surface area (Å²) < 4.78 is 0. The molecule has 1 nitrogen and oxygen atoms in total. The second-order valence-corrected chi connectivity index (χ2v) is 5.11. The number of carbonyl (C=O) groups is 1. The van der Waals surface area contributed by atoms with Crippen molar-refractivity contribution in [2.75, 3.05) is 0 Å². The highest BCUT2D eigenvalue weighted by molar-refractivity contribution is 6.50. The fraction of sp³-hybridized carbons (Fsp3) is 0. The summed E-state index contributed by atoms with van der Waals surface area (Å²) in [7, 11) is 0. The number of carbonyl (C=O) groups excluding carboxylic acids is 1. The summed E-state index contributed by atoms with van der Waals surface area (Å²) in [5.41, 5.74) is 0.599. The number of halogens is 4. The predicted molar refractivity (Wildman–Crippen MR) is 76.4 cm³/mol. The van der Waals surface area contributed by atoms with Gasteiger partial charge in [0.25, 0.3) is 0 Å². The monoisotopic (exact) mass is 318 g/mol. The van der Waals surface area contributed by atoms with Gasteiger partial charge in [0, 0.05) is 5.56 Å². The van der Waals surface area contributed by atoms with Crippen LogP contribution in [0.1, 0.15) is 15.9 Å². The van der Waals surface area contributed by atoms with E-state index in [1.54, 1.807) is 24.3 Å². The van der Waals surface area contributed by atoms with E-state index < -0.39 is 0 Å². The summed E-state index contributed by atoms with van der Waals surface area (Å²) in [5, 5.41) is 0.621. The Labute approximate surface area is 124 Å². The quantitative estimate of drug-likeness (QED) is 0.525. The molecule has 0 aliphatic rings. The minimum Gasteiger partial charge on any atom is -0.288 e. The van der Waals surface area contributed by atoms with Crippen molar-refractivity contribution in [1.82, 2.24) is 0 Å². The van der Waals surface area contributed by atoms with Crippen molar-refractivity contribution in [2.24, 2.45) is 0 Å². The van der Waals surface area contributed by atoms with E-state index in [0.29, 0.717) is 5.56 Å². The summed E-state index contributed by atoms with van der Waals surface area (Å²) in [6.45, 7) is 0. The van der Waals surface area contributed by atoms with Crippen LogP contribution in [0.4, 0.5) is 0 Å². The molecule has 0 aromatic heterocycles. The van der Waals surface area contributed by atoms with Crippen molar-refractivity contribution in [3.63, 3.8) is 0 Å². The summed E-state index contributed by atoms with van der Waals surface area (Å²) in [6, 6.07) is 10.1. The molecule has 0 saturated heterocycles. The largest absolute Gasteiger partial charge is 0.288 e. The molecule has 0 amide bonds. The third-order valence-electron chi connectivity index (χ3n) is 2.37. The molecule has 0 atom stereocenters. The average molecular weight is 320 g/mol. The van der Waals surface area contributed by atoms with Crippen LogP contribution in [0.5, 0.6) is 0 Å². The van der Waals surface area contributed by atoms with Crippen LogP contribution < -0.4 is 0 Å². The molecule has 0 saturated carbocycles. The zero-order valence-electron chi connectivity index (χ0n) is 8.88. The normalized spacial score (nSPS) is 10.4. The Morgan fingerprint density at radius 1 is 0.833 bits per heavy atom. The molecule has 5 heteroatoms. The number of hydrogen-bond acceptors (Lipinski definition) is 1. The maximum Gasteiger partial charge on any atom is 0.196 e. The van der Waals surface area contributed by atoms with Crippen molar-refractivity contribution in [3.05, 3.63) is 67.6 Å². The van der Waals surface area contributed by atoms with Crippen LogP contribution in [0.2, 0.25) is 20.1 Å². The predicted octanol–water partition coefficient (Wildman–Crippen LogP) is 5.53. The van der Waals surface area contributed by atoms with Crippen LogP contribution in [0, 0.1) is 0 Å². The first-order valence-electron chi connectivity index (χ1n) is 4.95. The molecule has 0 aliphatic carbocycles. The molecule has 0 bridgehead atoms. The Morgan fingerprint density at radius 2 is 1.33 bits per heavy atom. The molecular formula is C13H6Cl4O. The maximum absolute atomic E-state index is 12.3. The first kappa shape index (κ1) is 13.7. The van der Waals surface area contributed by atoms with E-state index in [0.717, 1.165) is 0 Å². The van der Waals surface area contributed by atoms with Gasteiger partial charge >= 0.3 is 0 Å². The second-order valence-electron chi connectivity index (χ2n) is 3.54. The third-order valence-corrected chi connectivity index (χ3v) is 3.95. The maximum atomic E-state index is 12.3. The van der Waals surface area contributed by atoms with Crippen molar-refractivity contribution >= 4 is 52.2 Å². The average Bonchev–Trinajstić information content (AvgIpc) is 2.37. The van der Waals surface area contributed by atoms with E-state index in [-0.39, 0.29) is 31.4 Å². The molecule has 0 heterocycles. The van der Waals surface area contributed by atoms with E-state index in [4.69, 9.17) is 46.4 Å². The van der Waals surface area contributed by atoms with Gasteiger partial charge in [-0.2, -0.15) is 0 Å². The van der Waals surface area contributed by atoms with Crippen LogP contribution in [0.15, 0.2) is 36.4 Å². The Balaban J connectivity index is 2.62. The smallest absolute Gasteiger partial charge is 0.196 e. The van der Waals surface area contributed by atoms with Gasteiger partial charge in [0.1, 0.15) is 0 Å². The lowest BCUT2D eigenvalue weighted by molar-refractivity contribution is 0.103. The molecule has 2 rings (SSSR count). The summed E-state index contributed by atoms with van der Waals surface area (Å²) in [5.74, 6) is -0.310. The van der Waals surface area contributed by atoms with Crippen molar-refractivity contribution in [3.8, 4) is 0 Å². The van der Waals surface area contributed by atoms with Gasteiger partial charge in [-0.05, 0) is 6.07 Å². The lowest BCUT2D eigenvalue weighted by Crippen LogP contribution is -2.03. The molecular weight excluding hydrogens is 314 g/mol. The second kappa shape index (κ2) is 5.50. The zero-order valence-corrected chi connectivity index (χ0v) is 11.9. The molecule has 0 aliphatic heterocycles. The van der Waals surface area contributed by atoms with Gasteiger partial charge in [-0.1, -0.05) is 76.7 Å². The fourth-order valence-corrected chi connectivity index (χ4v) is 2.49. The van der Waals surface area contributed by atoms with Crippen LogP contribution in [0.3, 0.4) is 0 Å². The van der Waals surface area contributed by atoms with E-state index in [1.165, 1.54) is 6.07 Å². The van der Waals surface area contributed by atoms with Crippen LogP contribution >= 0.6 is 46.4 Å². The SMILES string of the molecule is O=C(c1ccccc1)c1c(Cl)c(Cl)cc(Cl)c1Cl. The molecule has 0 spiro atoms. The van der Waals surface area contributed by atoms with Crippen molar-refractivity contribution in [1.29, 1.82) is 0 Å². The van der Waals surface area contributed by atoms with Crippen LogP contribution in [-0.2, 0) is 0 Å². The highest BCUT2D eigenvalue weighted by Gasteiger charge is 2.21. The summed E-state index contributed by atoms with van der Waals surface area (Å²) in [6.07, 6.45) is 0. The lowest BCUT2D eigenvalue weighted by atomic mass is 10.0. The molecule has 0 N–H and O–H groups in total. The zero-order chi connectivity index (χ0) is 13.3. The van der Waals surface area contributed by atoms with E-state index in [9.17, 15) is 4.79 Å². The van der Waals surface area contributed by atoms with Gasteiger partial charge in [0.2, 0.25) is 0 Å². The minimum atomic E-state index is -0.310. The van der Waals surface area contributed by atoms with Crippen LogP contribution in [0.25, 0.3) is 0 Å². The van der Waals surface area contributed by atoms with Gasteiger partial charge in [-0.25, -0.2) is 0 Å². The van der Waals surface area contributed by atoms with Gasteiger partial charge in [-0.15, -0.1) is 0 Å². The fourth-order valence-electron chi connectivity index (χ4n) is 1.51. The van der Waals surface area contributed by atoms with Gasteiger partial charge < -0.3 is 0 Å². The Kier molecular flexibility index (Phi) is 4.18. The molecule has 2 aromatic rings. The molecule has 18 heavy (non-hydrogen) atoms. The van der Waals surface area contributed by atoms with Crippen molar-refractivity contribution in [2.45, 2.75) is 0 Å². The Morgan fingerprint density at radius 3 is 1.83 bits per heavy atom.